The molecule has 1 saturated heterocycles. The van der Waals surface area contributed by atoms with Gasteiger partial charge in [0.15, 0.2) is 0 Å². The van der Waals surface area contributed by atoms with E-state index in [0.717, 1.165) is 5.69 Å². The second-order valence-corrected chi connectivity index (χ2v) is 6.97. The molecule has 4 nitrogen and oxygen atoms in total. The summed E-state index contributed by atoms with van der Waals surface area (Å²) in [6.07, 6.45) is 0. The normalized spacial score (nSPS) is 33.1. The van der Waals surface area contributed by atoms with Crippen molar-refractivity contribution >= 4 is 11.6 Å². The van der Waals surface area contributed by atoms with E-state index in [1.54, 1.807) is 0 Å². The van der Waals surface area contributed by atoms with Gasteiger partial charge in [-0.2, -0.15) is 0 Å². The maximum Gasteiger partial charge on any atom is 0.307 e. The Balaban J connectivity index is 2.15. The molecule has 2 aliphatic heterocycles. The van der Waals surface area contributed by atoms with Crippen molar-refractivity contribution in [2.24, 2.45) is 0 Å². The lowest BCUT2D eigenvalue weighted by Crippen LogP contribution is -2.84. The molecule has 4 N–H and O–H groups in total. The predicted molar refractivity (Wildman–Crippen MR) is 74.5 cm³/mol. The van der Waals surface area contributed by atoms with E-state index < -0.39 is 5.66 Å². The quantitative estimate of drug-likeness (QED) is 0.729. The fraction of sp³-hybridized carbons (Fsp3) is 0.533. The molecule has 2 aliphatic rings. The summed E-state index contributed by atoms with van der Waals surface area (Å²) in [6.45, 7) is 9.07. The number of fused-ring (bicyclic) bond motifs is 3. The zero-order valence-corrected chi connectivity index (χ0v) is 12.1. The number of nitrogens with one attached hydrogen (secondary N) is 1. The number of amides is 1. The molecule has 1 amide bonds. The Morgan fingerprint density at radius 3 is 2.58 bits per heavy atom. The van der Waals surface area contributed by atoms with E-state index in [1.165, 1.54) is 5.56 Å². The van der Waals surface area contributed by atoms with Crippen LogP contribution in [0.2, 0.25) is 0 Å². The highest BCUT2D eigenvalue weighted by Crippen LogP contribution is 2.50. The summed E-state index contributed by atoms with van der Waals surface area (Å²) >= 11 is 0. The monoisotopic (exact) mass is 260 g/mol. The van der Waals surface area contributed by atoms with Crippen molar-refractivity contribution < 1.29 is 10.5 Å². The molecule has 0 bridgehead atoms. The van der Waals surface area contributed by atoms with Gasteiger partial charge in [-0.25, -0.2) is 0 Å². The molecule has 0 radical (unpaired) electrons. The van der Waals surface area contributed by atoms with Crippen LogP contribution in [-0.4, -0.2) is 28.6 Å². The van der Waals surface area contributed by atoms with Crippen LogP contribution < -0.4 is 11.1 Å². The van der Waals surface area contributed by atoms with Crippen LogP contribution in [0.15, 0.2) is 24.3 Å². The van der Waals surface area contributed by atoms with Gasteiger partial charge >= 0.3 is 5.91 Å². The van der Waals surface area contributed by atoms with E-state index in [4.69, 9.17) is 0 Å². The van der Waals surface area contributed by atoms with E-state index in [1.807, 2.05) is 23.1 Å². The zero-order chi connectivity index (χ0) is 14.1. The van der Waals surface area contributed by atoms with Gasteiger partial charge in [-0.05, 0) is 39.3 Å². The van der Waals surface area contributed by atoms with Crippen LogP contribution in [0, 0.1) is 0 Å². The molecule has 1 aromatic rings. The van der Waals surface area contributed by atoms with Crippen molar-refractivity contribution in [3.63, 3.8) is 0 Å². The third-order valence-electron chi connectivity index (χ3n) is 4.71. The summed E-state index contributed by atoms with van der Waals surface area (Å²) < 4.78 is 0. The summed E-state index contributed by atoms with van der Waals surface area (Å²) in [5, 5.41) is 3.36. The van der Waals surface area contributed by atoms with Crippen LogP contribution in [0.5, 0.6) is 0 Å². The molecule has 0 unspecified atom stereocenters. The van der Waals surface area contributed by atoms with Crippen molar-refractivity contribution in [2.75, 3.05) is 11.9 Å². The average Bonchev–Trinajstić information content (AvgIpc) is 2.66. The Hall–Kier alpha value is -1.55. The van der Waals surface area contributed by atoms with Crippen molar-refractivity contribution in [1.82, 2.24) is 4.90 Å². The van der Waals surface area contributed by atoms with E-state index in [9.17, 15) is 4.79 Å². The molecule has 1 fully saturated rings. The Morgan fingerprint density at radius 1 is 1.32 bits per heavy atom. The molecule has 0 aliphatic carbocycles. The lowest BCUT2D eigenvalue weighted by Gasteiger charge is -2.33. The minimum Gasteiger partial charge on any atom is -0.329 e. The molecule has 2 heterocycles. The van der Waals surface area contributed by atoms with Gasteiger partial charge in [0.25, 0.3) is 5.66 Å². The van der Waals surface area contributed by atoms with Crippen LogP contribution in [0.3, 0.4) is 0 Å². The number of anilines is 1. The fourth-order valence-electron chi connectivity index (χ4n) is 3.34. The van der Waals surface area contributed by atoms with E-state index in [2.05, 4.69) is 44.8 Å². The molecular weight excluding hydrogens is 238 g/mol. The number of nitrogens with zero attached hydrogens (tertiary/aromatic N) is 1. The fourth-order valence-corrected chi connectivity index (χ4v) is 3.34. The summed E-state index contributed by atoms with van der Waals surface area (Å²) in [5.41, 5.74) is 5.28. The molecular formula is C15H22N3O+. The van der Waals surface area contributed by atoms with E-state index in [-0.39, 0.29) is 16.9 Å². The van der Waals surface area contributed by atoms with Gasteiger partial charge in [-0.15, -0.1) is 0 Å². The molecule has 19 heavy (non-hydrogen) atoms. The first-order valence-electron chi connectivity index (χ1n) is 6.75. The molecule has 0 saturated carbocycles. The van der Waals surface area contributed by atoms with Gasteiger partial charge in [0.2, 0.25) is 0 Å². The highest BCUT2D eigenvalue weighted by Gasteiger charge is 2.69. The number of likely N-dealkylation sites (tertiary alicyclic amines) is 1. The Labute approximate surface area is 114 Å². The second kappa shape index (κ2) is 3.31. The molecule has 4 heteroatoms. The minimum absolute atomic E-state index is 0.0960. The lowest BCUT2D eigenvalue weighted by molar-refractivity contribution is -0.457. The summed E-state index contributed by atoms with van der Waals surface area (Å²) in [4.78, 5) is 14.8. The minimum atomic E-state index is -0.774. The first-order valence-corrected chi connectivity index (χ1v) is 6.75. The number of benzene rings is 1. The summed E-state index contributed by atoms with van der Waals surface area (Å²) in [6, 6.07) is 8.16. The Kier molecular flexibility index (Phi) is 2.17. The second-order valence-electron chi connectivity index (χ2n) is 6.97. The lowest BCUT2D eigenvalue weighted by atomic mass is 9.77. The van der Waals surface area contributed by atoms with Gasteiger partial charge in [-0.1, -0.05) is 18.2 Å². The number of hydrogen-bond acceptors (Lipinski definition) is 2. The summed E-state index contributed by atoms with van der Waals surface area (Å²) in [7, 11) is 0. The number of para-hydroxylation sites is 1. The number of carbonyl (C=O) groups is 1. The maximum absolute atomic E-state index is 12.8. The van der Waals surface area contributed by atoms with Gasteiger partial charge < -0.3 is 16.0 Å². The maximum atomic E-state index is 12.8. The number of quaternary nitrogens is 1. The average molecular weight is 260 g/mol. The predicted octanol–water partition coefficient (Wildman–Crippen LogP) is 0.949. The number of rotatable bonds is 0. The van der Waals surface area contributed by atoms with Gasteiger partial charge in [-0.3, -0.25) is 4.79 Å². The van der Waals surface area contributed by atoms with Gasteiger partial charge in [0.05, 0.1) is 5.41 Å². The van der Waals surface area contributed by atoms with Crippen LogP contribution in [0.4, 0.5) is 5.69 Å². The highest BCUT2D eigenvalue weighted by molar-refractivity contribution is 5.96. The van der Waals surface area contributed by atoms with Crippen molar-refractivity contribution in [1.29, 1.82) is 0 Å². The standard InChI is InChI=1S/C15H21N3O/c1-13(2,3)18-9-14(4)10-7-5-6-8-11(10)17-15(14,16)12(18)19/h5-8,17H,9,16H2,1-4H3/p+1/t14-,15+/m0/s1. The zero-order valence-electron chi connectivity index (χ0n) is 12.1. The molecule has 2 atom stereocenters. The Bertz CT molecular complexity index is 563. The van der Waals surface area contributed by atoms with Gasteiger partial charge in [0.1, 0.15) is 0 Å². The molecule has 0 aromatic heterocycles. The van der Waals surface area contributed by atoms with Crippen LogP contribution in [0.25, 0.3) is 0 Å². The summed E-state index contributed by atoms with van der Waals surface area (Å²) in [5.74, 6) is 0.0960. The van der Waals surface area contributed by atoms with E-state index in [0.29, 0.717) is 6.54 Å². The largest absolute Gasteiger partial charge is 0.329 e. The van der Waals surface area contributed by atoms with Crippen molar-refractivity contribution in [2.45, 2.75) is 44.3 Å². The topological polar surface area (TPSA) is 60.0 Å². The first kappa shape index (κ1) is 12.5. The number of carbonyl (C=O) groups excluding carboxylic acids is 1. The Morgan fingerprint density at radius 2 is 1.95 bits per heavy atom. The first-order chi connectivity index (χ1) is 8.70. The molecule has 3 rings (SSSR count). The van der Waals surface area contributed by atoms with Gasteiger partial charge in [0, 0.05) is 17.8 Å². The van der Waals surface area contributed by atoms with Crippen LogP contribution in [-0.2, 0) is 10.2 Å². The molecule has 1 aromatic carbocycles. The molecule has 0 spiro atoms. The van der Waals surface area contributed by atoms with E-state index >= 15 is 0 Å². The highest BCUT2D eigenvalue weighted by atomic mass is 16.2. The molecule has 102 valence electrons. The van der Waals surface area contributed by atoms with Crippen molar-refractivity contribution in [3.05, 3.63) is 29.8 Å². The van der Waals surface area contributed by atoms with Crippen LogP contribution >= 0.6 is 0 Å². The SMILES string of the molecule is CC(C)(C)N1C[C@@]2(C)c3ccccc3N[C@]2([NH3+])C1=O. The van der Waals surface area contributed by atoms with Crippen LogP contribution in [0.1, 0.15) is 33.3 Å². The smallest absolute Gasteiger partial charge is 0.307 e. The third-order valence-corrected chi connectivity index (χ3v) is 4.71. The number of hydrogen-bond donors (Lipinski definition) is 2. The third kappa shape index (κ3) is 1.35. The van der Waals surface area contributed by atoms with Crippen molar-refractivity contribution in [3.8, 4) is 0 Å².